The van der Waals surface area contributed by atoms with Gasteiger partial charge < -0.3 is 10.5 Å². The van der Waals surface area contributed by atoms with E-state index in [2.05, 4.69) is 0 Å². The van der Waals surface area contributed by atoms with Gasteiger partial charge in [-0.2, -0.15) is 0 Å². The maximum Gasteiger partial charge on any atom is 0.124 e. The molecule has 1 aromatic carbocycles. The second kappa shape index (κ2) is 5.34. The Balaban J connectivity index is 2.03. The van der Waals surface area contributed by atoms with Gasteiger partial charge >= 0.3 is 0 Å². The predicted octanol–water partition coefficient (Wildman–Crippen LogP) is 2.77. The number of methoxy groups -OCH3 is 1. The molecule has 2 rings (SSSR count). The van der Waals surface area contributed by atoms with Gasteiger partial charge in [-0.25, -0.2) is 4.39 Å². The molecular weight excluding hydrogens is 241 g/mol. The average Bonchev–Trinajstić information content (AvgIpc) is 3.08. The zero-order chi connectivity index (χ0) is 12.4. The largest absolute Gasteiger partial charge is 0.380 e. The second-order valence-electron chi connectivity index (χ2n) is 4.64. The van der Waals surface area contributed by atoms with Gasteiger partial charge in [-0.15, -0.1) is 0 Å². The van der Waals surface area contributed by atoms with Gasteiger partial charge in [-0.1, -0.05) is 17.7 Å². The summed E-state index contributed by atoms with van der Waals surface area (Å²) >= 11 is 5.98. The molecule has 0 heterocycles. The first kappa shape index (κ1) is 12.8. The van der Waals surface area contributed by atoms with Crippen LogP contribution in [0.4, 0.5) is 4.39 Å². The number of halogens is 2. The third-order valence-corrected chi connectivity index (χ3v) is 3.60. The van der Waals surface area contributed by atoms with E-state index in [1.165, 1.54) is 25.0 Å². The summed E-state index contributed by atoms with van der Waals surface area (Å²) in [6.45, 7) is 0. The lowest BCUT2D eigenvalue weighted by Gasteiger charge is -2.22. The second-order valence-corrected chi connectivity index (χ2v) is 5.05. The lowest BCUT2D eigenvalue weighted by atomic mass is 9.99. The molecular formula is C13H17ClFNO. The lowest BCUT2D eigenvalue weighted by molar-refractivity contribution is 0.0627. The summed E-state index contributed by atoms with van der Waals surface area (Å²) < 4.78 is 18.3. The van der Waals surface area contributed by atoms with Crippen LogP contribution in [-0.4, -0.2) is 19.3 Å². The van der Waals surface area contributed by atoms with Gasteiger partial charge in [0.05, 0.1) is 6.10 Å². The van der Waals surface area contributed by atoms with Crippen LogP contribution in [0.5, 0.6) is 0 Å². The number of nitrogens with two attached hydrogens (primary N) is 1. The van der Waals surface area contributed by atoms with Crippen LogP contribution in [0.15, 0.2) is 18.2 Å². The molecule has 2 unspecified atom stereocenters. The van der Waals surface area contributed by atoms with Crippen LogP contribution >= 0.6 is 11.6 Å². The predicted molar refractivity (Wildman–Crippen MR) is 66.6 cm³/mol. The Bertz CT molecular complexity index is 395. The average molecular weight is 258 g/mol. The molecule has 4 heteroatoms. The van der Waals surface area contributed by atoms with Crippen LogP contribution in [-0.2, 0) is 11.2 Å². The minimum Gasteiger partial charge on any atom is -0.380 e. The molecule has 2 atom stereocenters. The highest BCUT2D eigenvalue weighted by Gasteiger charge is 2.35. The summed E-state index contributed by atoms with van der Waals surface area (Å²) in [5.74, 6) is 0.257. The topological polar surface area (TPSA) is 35.2 Å². The summed E-state index contributed by atoms with van der Waals surface area (Å²) in [6, 6.07) is 4.34. The molecule has 2 nitrogen and oxygen atoms in total. The molecule has 1 aromatic rings. The van der Waals surface area contributed by atoms with Crippen molar-refractivity contribution in [2.75, 3.05) is 7.11 Å². The summed E-state index contributed by atoms with van der Waals surface area (Å²) in [6.07, 6.45) is 3.07. The van der Waals surface area contributed by atoms with Crippen molar-refractivity contribution in [3.05, 3.63) is 34.6 Å². The van der Waals surface area contributed by atoms with Crippen LogP contribution in [0.25, 0.3) is 0 Å². The highest BCUT2D eigenvalue weighted by Crippen LogP contribution is 2.36. The molecule has 1 aliphatic rings. The van der Waals surface area contributed by atoms with Gasteiger partial charge in [-0.05, 0) is 42.9 Å². The van der Waals surface area contributed by atoms with Crippen LogP contribution < -0.4 is 5.73 Å². The van der Waals surface area contributed by atoms with E-state index in [4.69, 9.17) is 22.1 Å². The van der Waals surface area contributed by atoms with Crippen LogP contribution in [0, 0.1) is 11.7 Å². The lowest BCUT2D eigenvalue weighted by Crippen LogP contribution is -2.39. The van der Waals surface area contributed by atoms with Gasteiger partial charge in [0, 0.05) is 18.2 Å². The number of hydrogen-bond donors (Lipinski definition) is 1. The first-order valence-electron chi connectivity index (χ1n) is 5.84. The van der Waals surface area contributed by atoms with E-state index in [1.807, 2.05) is 0 Å². The van der Waals surface area contributed by atoms with Gasteiger partial charge in [-0.3, -0.25) is 0 Å². The fraction of sp³-hybridized carbons (Fsp3) is 0.538. The fourth-order valence-corrected chi connectivity index (χ4v) is 2.44. The van der Waals surface area contributed by atoms with E-state index in [-0.39, 0.29) is 18.0 Å². The Morgan fingerprint density at radius 3 is 2.76 bits per heavy atom. The first-order valence-corrected chi connectivity index (χ1v) is 6.22. The van der Waals surface area contributed by atoms with Gasteiger partial charge in [0.1, 0.15) is 5.82 Å². The highest BCUT2D eigenvalue weighted by atomic mass is 35.5. The van der Waals surface area contributed by atoms with Gasteiger partial charge in [0.2, 0.25) is 0 Å². The molecule has 0 radical (unpaired) electrons. The maximum absolute atomic E-state index is 12.9. The molecule has 0 spiro atoms. The number of ether oxygens (including phenoxy) is 1. The van der Waals surface area contributed by atoms with Crippen molar-refractivity contribution in [1.29, 1.82) is 0 Å². The molecule has 0 bridgehead atoms. The first-order chi connectivity index (χ1) is 8.11. The van der Waals surface area contributed by atoms with Crippen LogP contribution in [0.1, 0.15) is 18.4 Å². The molecule has 1 saturated carbocycles. The van der Waals surface area contributed by atoms with Gasteiger partial charge in [0.15, 0.2) is 0 Å². The zero-order valence-electron chi connectivity index (χ0n) is 9.83. The van der Waals surface area contributed by atoms with Crippen molar-refractivity contribution in [1.82, 2.24) is 0 Å². The van der Waals surface area contributed by atoms with Crippen molar-refractivity contribution in [3.63, 3.8) is 0 Å². The number of rotatable bonds is 5. The smallest absolute Gasteiger partial charge is 0.124 e. The van der Waals surface area contributed by atoms with Gasteiger partial charge in [0.25, 0.3) is 0 Å². The SMILES string of the molecule is COC(C(N)Cc1ccc(F)cc1Cl)C1CC1. The Morgan fingerprint density at radius 2 is 2.24 bits per heavy atom. The van der Waals surface area contributed by atoms with Crippen LogP contribution in [0.3, 0.4) is 0 Å². The monoisotopic (exact) mass is 257 g/mol. The summed E-state index contributed by atoms with van der Waals surface area (Å²) in [5, 5.41) is 0.436. The van der Waals surface area contributed by atoms with Crippen molar-refractivity contribution in [2.24, 2.45) is 11.7 Å². The van der Waals surface area contributed by atoms with E-state index < -0.39 is 0 Å². The zero-order valence-corrected chi connectivity index (χ0v) is 10.6. The summed E-state index contributed by atoms with van der Waals surface area (Å²) in [4.78, 5) is 0. The third kappa shape index (κ3) is 3.18. The number of hydrogen-bond acceptors (Lipinski definition) is 2. The molecule has 0 amide bonds. The fourth-order valence-electron chi connectivity index (χ4n) is 2.20. The molecule has 1 fully saturated rings. The van der Waals surface area contributed by atoms with Crippen molar-refractivity contribution >= 4 is 11.6 Å². The Morgan fingerprint density at radius 1 is 1.53 bits per heavy atom. The third-order valence-electron chi connectivity index (χ3n) is 3.25. The van der Waals surface area contributed by atoms with Crippen molar-refractivity contribution < 1.29 is 9.13 Å². The maximum atomic E-state index is 12.9. The molecule has 2 N–H and O–H groups in total. The van der Waals surface area contributed by atoms with Crippen molar-refractivity contribution in [3.8, 4) is 0 Å². The van der Waals surface area contributed by atoms with E-state index in [0.29, 0.717) is 17.4 Å². The van der Waals surface area contributed by atoms with E-state index in [1.54, 1.807) is 13.2 Å². The minimum absolute atomic E-state index is 0.0797. The molecule has 94 valence electrons. The van der Waals surface area contributed by atoms with E-state index in [0.717, 1.165) is 5.56 Å². The Labute approximate surface area is 106 Å². The molecule has 17 heavy (non-hydrogen) atoms. The normalized spacial score (nSPS) is 19.1. The highest BCUT2D eigenvalue weighted by molar-refractivity contribution is 6.31. The molecule has 0 aromatic heterocycles. The summed E-state index contributed by atoms with van der Waals surface area (Å²) in [5.41, 5.74) is 7.01. The quantitative estimate of drug-likeness (QED) is 0.880. The summed E-state index contributed by atoms with van der Waals surface area (Å²) in [7, 11) is 1.69. The molecule has 0 aliphatic heterocycles. The molecule has 1 aliphatic carbocycles. The number of benzene rings is 1. The standard InChI is InChI=1S/C13H17ClFNO/c1-17-13(8-2-3-8)12(16)6-9-4-5-10(15)7-11(9)14/h4-5,7-8,12-13H,2-3,6,16H2,1H3. The Hall–Kier alpha value is -0.640. The Kier molecular flexibility index (Phi) is 4.02. The van der Waals surface area contributed by atoms with E-state index in [9.17, 15) is 4.39 Å². The van der Waals surface area contributed by atoms with Crippen molar-refractivity contribution in [2.45, 2.75) is 31.4 Å². The van der Waals surface area contributed by atoms with E-state index >= 15 is 0 Å². The van der Waals surface area contributed by atoms with Crippen LogP contribution in [0.2, 0.25) is 5.02 Å². The minimum atomic E-state index is -0.321. The molecule has 0 saturated heterocycles.